The molecule has 0 unspecified atom stereocenters. The van der Waals surface area contributed by atoms with E-state index in [4.69, 9.17) is 27.9 Å². The minimum absolute atomic E-state index is 0.00975. The molecule has 11 heteroatoms. The predicted octanol–water partition coefficient (Wildman–Crippen LogP) is 3.90. The van der Waals surface area contributed by atoms with Crippen molar-refractivity contribution in [3.8, 4) is 0 Å². The lowest BCUT2D eigenvalue weighted by Gasteiger charge is -2.24. The first-order valence-electron chi connectivity index (χ1n) is 8.93. The number of hydrogen-bond donors (Lipinski definition) is 0. The molecule has 0 N–H and O–H groups in total. The van der Waals surface area contributed by atoms with Gasteiger partial charge in [0.2, 0.25) is 0 Å². The van der Waals surface area contributed by atoms with E-state index in [0.717, 1.165) is 10.7 Å². The van der Waals surface area contributed by atoms with Gasteiger partial charge in [-0.05, 0) is 36.2 Å². The van der Waals surface area contributed by atoms with E-state index < -0.39 is 39.4 Å². The summed E-state index contributed by atoms with van der Waals surface area (Å²) in [6.45, 7) is -0.109. The van der Waals surface area contributed by atoms with Crippen LogP contribution in [0.25, 0.3) is 0 Å². The van der Waals surface area contributed by atoms with Gasteiger partial charge in [-0.1, -0.05) is 51.3 Å². The quantitative estimate of drug-likeness (QED) is 0.384. The second-order valence-corrected chi connectivity index (χ2v) is 11.0. The highest BCUT2D eigenvalue weighted by atomic mass is 79.9. The topological polar surface area (TPSA) is 97.8 Å². The average molecular weight is 549 g/mol. The molecule has 164 valence electrons. The molecule has 2 aromatic rings. The highest BCUT2D eigenvalue weighted by Crippen LogP contribution is 2.33. The number of benzene rings is 2. The maximum absolute atomic E-state index is 12.9. The third-order valence-electron chi connectivity index (χ3n) is 4.60. The van der Waals surface area contributed by atoms with E-state index in [9.17, 15) is 22.8 Å². The molecule has 0 saturated heterocycles. The molecule has 1 heterocycles. The molecule has 3 rings (SSSR count). The standard InChI is InChI=1S/C20H16BrCl2NO6S/c1-31(28,29)7-6-17(20(27)30-10-11-2-4-12(21)5-3-11)24-18(25)13-8-15(22)16(23)9-14(13)19(24)26/h2-5,8-9,17H,6-7,10H2,1H3/t17-/m0/s1. The SMILES string of the molecule is CS(=O)(=O)CC[C@@H](C(=O)OCc1ccc(Br)cc1)N1C(=O)c2cc(Cl)c(Cl)cc2C1=O. The Balaban J connectivity index is 1.87. The summed E-state index contributed by atoms with van der Waals surface area (Å²) in [6, 6.07) is 8.07. The van der Waals surface area contributed by atoms with Crippen LogP contribution in [-0.4, -0.2) is 49.2 Å². The van der Waals surface area contributed by atoms with Crippen LogP contribution in [0.1, 0.15) is 32.7 Å². The van der Waals surface area contributed by atoms with Crippen molar-refractivity contribution in [3.63, 3.8) is 0 Å². The molecule has 0 bridgehead atoms. The van der Waals surface area contributed by atoms with Crippen LogP contribution in [0.2, 0.25) is 10.0 Å². The molecular formula is C20H16BrCl2NO6S. The Kier molecular flexibility index (Phi) is 7.10. The van der Waals surface area contributed by atoms with Crippen LogP contribution in [0, 0.1) is 0 Å². The summed E-state index contributed by atoms with van der Waals surface area (Å²) in [7, 11) is -3.47. The van der Waals surface area contributed by atoms with Crippen molar-refractivity contribution in [1.82, 2.24) is 4.90 Å². The number of rotatable bonds is 7. The minimum Gasteiger partial charge on any atom is -0.459 e. The van der Waals surface area contributed by atoms with Gasteiger partial charge in [-0.2, -0.15) is 0 Å². The third-order valence-corrected chi connectivity index (χ3v) is 6.83. The normalized spacial score (nSPS) is 14.5. The number of carbonyl (C=O) groups excluding carboxylic acids is 3. The van der Waals surface area contributed by atoms with Crippen LogP contribution in [0.5, 0.6) is 0 Å². The lowest BCUT2D eigenvalue weighted by atomic mass is 10.1. The number of fused-ring (bicyclic) bond motifs is 1. The van der Waals surface area contributed by atoms with Gasteiger partial charge in [-0.25, -0.2) is 13.2 Å². The molecule has 0 radical (unpaired) electrons. The first-order chi connectivity index (χ1) is 14.5. The Morgan fingerprint density at radius 1 is 1.06 bits per heavy atom. The Morgan fingerprint density at radius 2 is 1.58 bits per heavy atom. The first-order valence-corrected chi connectivity index (χ1v) is 12.5. The number of halogens is 3. The van der Waals surface area contributed by atoms with Crippen molar-refractivity contribution in [1.29, 1.82) is 0 Å². The Bertz CT molecular complexity index is 1130. The van der Waals surface area contributed by atoms with Gasteiger partial charge in [0.15, 0.2) is 0 Å². The molecule has 0 spiro atoms. The lowest BCUT2D eigenvalue weighted by Crippen LogP contribution is -2.46. The van der Waals surface area contributed by atoms with Gasteiger partial charge in [0.1, 0.15) is 22.5 Å². The van der Waals surface area contributed by atoms with Gasteiger partial charge < -0.3 is 4.74 Å². The van der Waals surface area contributed by atoms with Crippen molar-refractivity contribution in [2.75, 3.05) is 12.0 Å². The largest absolute Gasteiger partial charge is 0.459 e. The van der Waals surface area contributed by atoms with Crippen LogP contribution in [-0.2, 0) is 26.0 Å². The van der Waals surface area contributed by atoms with Crippen molar-refractivity contribution < 1.29 is 27.5 Å². The molecule has 0 fully saturated rings. The summed E-state index contributed by atoms with van der Waals surface area (Å²) >= 11 is 15.2. The van der Waals surface area contributed by atoms with E-state index >= 15 is 0 Å². The molecule has 2 amide bonds. The smallest absolute Gasteiger partial charge is 0.329 e. The fourth-order valence-electron chi connectivity index (χ4n) is 3.04. The third kappa shape index (κ3) is 5.46. The number of amides is 2. The van der Waals surface area contributed by atoms with Crippen molar-refractivity contribution in [3.05, 3.63) is 67.6 Å². The zero-order chi connectivity index (χ0) is 22.9. The van der Waals surface area contributed by atoms with Crippen molar-refractivity contribution in [2.24, 2.45) is 0 Å². The minimum atomic E-state index is -3.47. The predicted molar refractivity (Wildman–Crippen MR) is 119 cm³/mol. The average Bonchev–Trinajstić information content (AvgIpc) is 2.92. The van der Waals surface area contributed by atoms with E-state index in [-0.39, 0.29) is 34.2 Å². The number of hydrogen-bond acceptors (Lipinski definition) is 6. The Hall–Kier alpha value is -1.94. The lowest BCUT2D eigenvalue weighted by molar-refractivity contribution is -0.149. The fraction of sp³-hybridized carbons (Fsp3) is 0.250. The highest BCUT2D eigenvalue weighted by molar-refractivity contribution is 9.10. The Labute approximate surface area is 197 Å². The first kappa shape index (κ1) is 23.7. The molecule has 1 aliphatic rings. The van der Waals surface area contributed by atoms with Gasteiger partial charge in [0, 0.05) is 10.7 Å². The van der Waals surface area contributed by atoms with Crippen LogP contribution < -0.4 is 0 Å². The summed E-state index contributed by atoms with van der Waals surface area (Å²) in [6.07, 6.45) is 0.698. The second-order valence-electron chi connectivity index (χ2n) is 6.96. The van der Waals surface area contributed by atoms with E-state index in [1.165, 1.54) is 12.1 Å². The maximum atomic E-state index is 12.9. The molecule has 1 atom stereocenters. The number of carbonyl (C=O) groups is 3. The van der Waals surface area contributed by atoms with E-state index in [1.54, 1.807) is 24.3 Å². The second kappa shape index (κ2) is 9.28. The fourth-order valence-corrected chi connectivity index (χ4v) is 4.29. The summed E-state index contributed by atoms with van der Waals surface area (Å²) < 4.78 is 29.5. The number of ether oxygens (including phenoxy) is 1. The van der Waals surface area contributed by atoms with Crippen LogP contribution in [0.4, 0.5) is 0 Å². The van der Waals surface area contributed by atoms with Gasteiger partial charge in [0.25, 0.3) is 11.8 Å². The zero-order valence-electron chi connectivity index (χ0n) is 16.1. The number of imide groups is 1. The van der Waals surface area contributed by atoms with Gasteiger partial charge >= 0.3 is 5.97 Å². The monoisotopic (exact) mass is 547 g/mol. The molecule has 0 saturated carbocycles. The zero-order valence-corrected chi connectivity index (χ0v) is 20.0. The summed E-state index contributed by atoms with van der Waals surface area (Å²) in [5.41, 5.74) is 0.660. The molecule has 0 aromatic heterocycles. The number of nitrogens with zero attached hydrogens (tertiary/aromatic N) is 1. The van der Waals surface area contributed by atoms with E-state index in [0.29, 0.717) is 10.5 Å². The van der Waals surface area contributed by atoms with Crippen molar-refractivity contribution in [2.45, 2.75) is 19.1 Å². The molecule has 1 aliphatic heterocycles. The van der Waals surface area contributed by atoms with Gasteiger partial charge in [-0.3, -0.25) is 14.5 Å². The Morgan fingerprint density at radius 3 is 2.06 bits per heavy atom. The molecule has 2 aromatic carbocycles. The van der Waals surface area contributed by atoms with Crippen LogP contribution >= 0.6 is 39.1 Å². The van der Waals surface area contributed by atoms with Crippen molar-refractivity contribution >= 4 is 66.8 Å². The summed E-state index contributed by atoms with van der Waals surface area (Å²) in [4.78, 5) is 39.3. The summed E-state index contributed by atoms with van der Waals surface area (Å²) in [5, 5.41) is 0.155. The molecule has 0 aliphatic carbocycles. The van der Waals surface area contributed by atoms with E-state index in [1.807, 2.05) is 0 Å². The van der Waals surface area contributed by atoms with Crippen LogP contribution in [0.3, 0.4) is 0 Å². The highest BCUT2D eigenvalue weighted by Gasteiger charge is 2.44. The molecule has 7 nitrogen and oxygen atoms in total. The van der Waals surface area contributed by atoms with Gasteiger partial charge in [0.05, 0.1) is 26.9 Å². The molecular weight excluding hydrogens is 533 g/mol. The molecule has 31 heavy (non-hydrogen) atoms. The van der Waals surface area contributed by atoms with Gasteiger partial charge in [-0.15, -0.1) is 0 Å². The van der Waals surface area contributed by atoms with E-state index in [2.05, 4.69) is 15.9 Å². The number of sulfone groups is 1. The summed E-state index contributed by atoms with van der Waals surface area (Å²) in [5.74, 6) is -2.84. The maximum Gasteiger partial charge on any atom is 0.329 e. The number of esters is 1. The van der Waals surface area contributed by atoms with Crippen LogP contribution in [0.15, 0.2) is 40.9 Å².